The largest absolute Gasteiger partial charge is 0.573 e. The monoisotopic (exact) mass is 447 g/mol. The fourth-order valence-electron chi connectivity index (χ4n) is 3.58. The topological polar surface area (TPSA) is 46.6 Å². The molecule has 0 radical (unpaired) electrons. The quantitative estimate of drug-likeness (QED) is 0.441. The summed E-state index contributed by atoms with van der Waals surface area (Å²) in [5, 5.41) is 4.12. The van der Waals surface area contributed by atoms with Gasteiger partial charge in [-0.1, -0.05) is 42.5 Å². The van der Waals surface area contributed by atoms with Crippen molar-refractivity contribution in [3.63, 3.8) is 0 Å². The zero-order valence-corrected chi connectivity index (χ0v) is 18.4. The summed E-state index contributed by atoms with van der Waals surface area (Å²) in [5.41, 5.74) is 2.59. The van der Waals surface area contributed by atoms with Crippen LogP contribution in [0.5, 0.6) is 5.75 Å². The van der Waals surface area contributed by atoms with Crippen LogP contribution in [0, 0.1) is 6.92 Å². The van der Waals surface area contributed by atoms with Crippen LogP contribution in [0.25, 0.3) is 10.9 Å². The number of hydrogen-bond donors (Lipinski definition) is 1. The highest BCUT2D eigenvalue weighted by Gasteiger charge is 2.32. The molecule has 0 bridgehead atoms. The fraction of sp³-hybridized carbons (Fsp3) is 0.375. The average molecular weight is 448 g/mol. The van der Waals surface area contributed by atoms with Crippen LogP contribution in [0.1, 0.15) is 23.7 Å². The second-order valence-corrected chi connectivity index (χ2v) is 7.70. The standard InChI is InChI=1S/C24H28F3N3O2/c1-17-16-21(19-10-7-11-22(23(19)28-17)32-24(25,26)27)29-20(18-8-5-4-6-9-18)12-13-30(2)14-15-31-3/h4-11,16,20H,12-15H2,1-3H3,(H,28,29). The van der Waals surface area contributed by atoms with Gasteiger partial charge in [-0.2, -0.15) is 0 Å². The van der Waals surface area contributed by atoms with Crippen molar-refractivity contribution in [1.29, 1.82) is 0 Å². The Morgan fingerprint density at radius 2 is 1.81 bits per heavy atom. The van der Waals surface area contributed by atoms with E-state index in [0.29, 0.717) is 23.4 Å². The minimum Gasteiger partial charge on any atom is -0.403 e. The van der Waals surface area contributed by atoms with Crippen LogP contribution in [-0.2, 0) is 4.74 Å². The van der Waals surface area contributed by atoms with Crippen molar-refractivity contribution in [2.24, 2.45) is 0 Å². The van der Waals surface area contributed by atoms with Gasteiger partial charge < -0.3 is 19.7 Å². The van der Waals surface area contributed by atoms with Gasteiger partial charge in [0.1, 0.15) is 5.52 Å². The molecule has 1 atom stereocenters. The molecule has 172 valence electrons. The van der Waals surface area contributed by atoms with E-state index in [9.17, 15) is 13.2 Å². The molecule has 0 amide bonds. The molecule has 2 aromatic carbocycles. The Morgan fingerprint density at radius 3 is 2.50 bits per heavy atom. The number of ether oxygens (including phenoxy) is 2. The lowest BCUT2D eigenvalue weighted by atomic mass is 10.0. The van der Waals surface area contributed by atoms with Gasteiger partial charge in [0, 0.05) is 37.0 Å². The van der Waals surface area contributed by atoms with Crippen LogP contribution >= 0.6 is 0 Å². The van der Waals surface area contributed by atoms with Crippen molar-refractivity contribution >= 4 is 16.6 Å². The molecule has 0 aliphatic carbocycles. The maximum absolute atomic E-state index is 12.9. The maximum Gasteiger partial charge on any atom is 0.573 e. The first kappa shape index (κ1) is 23.8. The molecule has 1 unspecified atom stereocenters. The molecule has 3 aromatic rings. The fourth-order valence-corrected chi connectivity index (χ4v) is 3.58. The normalized spacial score (nSPS) is 12.8. The zero-order valence-electron chi connectivity index (χ0n) is 18.4. The third-order valence-corrected chi connectivity index (χ3v) is 5.16. The van der Waals surface area contributed by atoms with E-state index in [1.807, 2.05) is 43.4 Å². The molecule has 0 spiro atoms. The number of halogens is 3. The van der Waals surface area contributed by atoms with Gasteiger partial charge in [0.25, 0.3) is 0 Å². The summed E-state index contributed by atoms with van der Waals surface area (Å²) in [6.45, 7) is 4.04. The first-order valence-electron chi connectivity index (χ1n) is 10.4. The highest BCUT2D eigenvalue weighted by molar-refractivity contribution is 5.95. The number of para-hydroxylation sites is 1. The number of rotatable bonds is 10. The van der Waals surface area contributed by atoms with Gasteiger partial charge in [0.05, 0.1) is 12.6 Å². The number of anilines is 1. The van der Waals surface area contributed by atoms with E-state index < -0.39 is 6.36 Å². The number of alkyl halides is 3. The van der Waals surface area contributed by atoms with Gasteiger partial charge in [-0.15, -0.1) is 13.2 Å². The van der Waals surface area contributed by atoms with E-state index in [2.05, 4.69) is 19.9 Å². The maximum atomic E-state index is 12.9. The number of fused-ring (bicyclic) bond motifs is 1. The molecule has 5 nitrogen and oxygen atoms in total. The number of nitrogens with one attached hydrogen (secondary N) is 1. The highest BCUT2D eigenvalue weighted by Crippen LogP contribution is 2.35. The van der Waals surface area contributed by atoms with E-state index in [1.165, 1.54) is 6.07 Å². The van der Waals surface area contributed by atoms with Crippen LogP contribution < -0.4 is 10.1 Å². The molecule has 1 N–H and O–H groups in total. The lowest BCUT2D eigenvalue weighted by molar-refractivity contribution is -0.274. The lowest BCUT2D eigenvalue weighted by Crippen LogP contribution is -2.26. The number of benzene rings is 2. The van der Waals surface area contributed by atoms with Crippen LogP contribution in [0.15, 0.2) is 54.6 Å². The SMILES string of the molecule is COCCN(C)CCC(Nc1cc(C)nc2c(OC(F)(F)F)cccc12)c1ccccc1. The van der Waals surface area contributed by atoms with Crippen LogP contribution in [-0.4, -0.2) is 50.1 Å². The number of pyridine rings is 1. The molecule has 0 saturated carbocycles. The smallest absolute Gasteiger partial charge is 0.403 e. The number of methoxy groups -OCH3 is 1. The summed E-state index contributed by atoms with van der Waals surface area (Å²) in [4.78, 5) is 6.51. The zero-order chi connectivity index (χ0) is 23.1. The van der Waals surface area contributed by atoms with Crippen molar-refractivity contribution in [1.82, 2.24) is 9.88 Å². The van der Waals surface area contributed by atoms with Crippen LogP contribution in [0.3, 0.4) is 0 Å². The van der Waals surface area contributed by atoms with Crippen molar-refractivity contribution in [3.8, 4) is 5.75 Å². The molecule has 32 heavy (non-hydrogen) atoms. The lowest BCUT2D eigenvalue weighted by Gasteiger charge is -2.25. The first-order chi connectivity index (χ1) is 15.3. The highest BCUT2D eigenvalue weighted by atomic mass is 19.4. The van der Waals surface area contributed by atoms with Gasteiger partial charge in [-0.25, -0.2) is 4.98 Å². The Kier molecular flexibility index (Phi) is 7.93. The minimum absolute atomic E-state index is 0.0432. The molecular formula is C24H28F3N3O2. The van der Waals surface area contributed by atoms with E-state index in [1.54, 1.807) is 26.2 Å². The Labute approximate surface area is 186 Å². The Balaban J connectivity index is 1.93. The Hall–Kier alpha value is -2.84. The molecule has 3 rings (SSSR count). The average Bonchev–Trinajstić information content (AvgIpc) is 2.75. The Bertz CT molecular complexity index is 1010. The second kappa shape index (κ2) is 10.7. The summed E-state index contributed by atoms with van der Waals surface area (Å²) >= 11 is 0. The number of likely N-dealkylation sites (N-methyl/N-ethyl adjacent to an activating group) is 1. The summed E-state index contributed by atoms with van der Waals surface area (Å²) in [5.74, 6) is -0.308. The van der Waals surface area contributed by atoms with Crippen LogP contribution in [0.2, 0.25) is 0 Å². The first-order valence-corrected chi connectivity index (χ1v) is 10.4. The molecule has 8 heteroatoms. The van der Waals surface area contributed by atoms with Gasteiger partial charge in [0.15, 0.2) is 5.75 Å². The van der Waals surface area contributed by atoms with E-state index in [4.69, 9.17) is 4.74 Å². The predicted molar refractivity (Wildman–Crippen MR) is 120 cm³/mol. The van der Waals surface area contributed by atoms with E-state index >= 15 is 0 Å². The third kappa shape index (κ3) is 6.58. The third-order valence-electron chi connectivity index (χ3n) is 5.16. The summed E-state index contributed by atoms with van der Waals surface area (Å²) in [6.07, 6.45) is -3.99. The minimum atomic E-state index is -4.79. The number of hydrogen-bond acceptors (Lipinski definition) is 5. The molecule has 0 saturated heterocycles. The summed E-state index contributed by atoms with van der Waals surface area (Å²) < 4.78 is 48.0. The summed E-state index contributed by atoms with van der Waals surface area (Å²) in [6, 6.07) is 16.4. The molecule has 0 fully saturated rings. The molecule has 0 aliphatic heterocycles. The number of nitrogens with zero attached hydrogens (tertiary/aromatic N) is 2. The van der Waals surface area contributed by atoms with Gasteiger partial charge >= 0.3 is 6.36 Å². The van der Waals surface area contributed by atoms with E-state index in [0.717, 1.165) is 25.1 Å². The second-order valence-electron chi connectivity index (χ2n) is 7.70. The van der Waals surface area contributed by atoms with Gasteiger partial charge in [0.2, 0.25) is 0 Å². The van der Waals surface area contributed by atoms with Gasteiger partial charge in [-0.05, 0) is 38.1 Å². The number of aryl methyl sites for hydroxylation is 1. The molecule has 1 heterocycles. The molecular weight excluding hydrogens is 419 g/mol. The van der Waals surface area contributed by atoms with Crippen molar-refractivity contribution in [3.05, 3.63) is 65.9 Å². The van der Waals surface area contributed by atoms with Crippen molar-refractivity contribution < 1.29 is 22.6 Å². The number of aromatic nitrogens is 1. The van der Waals surface area contributed by atoms with E-state index in [-0.39, 0.29) is 17.3 Å². The molecule has 1 aromatic heterocycles. The Morgan fingerprint density at radius 1 is 1.06 bits per heavy atom. The molecule has 0 aliphatic rings. The predicted octanol–water partition coefficient (Wildman–Crippen LogP) is 5.56. The van der Waals surface area contributed by atoms with Crippen LogP contribution in [0.4, 0.5) is 18.9 Å². The van der Waals surface area contributed by atoms with Crippen molar-refractivity contribution in [2.45, 2.75) is 25.7 Å². The van der Waals surface area contributed by atoms with Gasteiger partial charge in [-0.3, -0.25) is 0 Å². The van der Waals surface area contributed by atoms with Crippen molar-refractivity contribution in [2.75, 3.05) is 39.2 Å². The summed E-state index contributed by atoms with van der Waals surface area (Å²) in [7, 11) is 3.71.